The summed E-state index contributed by atoms with van der Waals surface area (Å²) in [6.07, 6.45) is 3.24. The molecule has 0 spiro atoms. The highest BCUT2D eigenvalue weighted by atomic mass is 16.2. The third kappa shape index (κ3) is 3.78. The van der Waals surface area contributed by atoms with E-state index in [0.29, 0.717) is 25.2 Å². The Morgan fingerprint density at radius 1 is 1.11 bits per heavy atom. The van der Waals surface area contributed by atoms with Gasteiger partial charge >= 0.3 is 6.03 Å². The van der Waals surface area contributed by atoms with Gasteiger partial charge in [-0.15, -0.1) is 0 Å². The molecule has 1 aromatic heterocycles. The van der Waals surface area contributed by atoms with Crippen LogP contribution in [0.1, 0.15) is 19.8 Å². The molecule has 4 rings (SSSR count). The minimum atomic E-state index is -0.112. The van der Waals surface area contributed by atoms with Crippen molar-refractivity contribution in [3.63, 3.8) is 0 Å². The second kappa shape index (κ2) is 7.88. The number of urea groups is 1. The Morgan fingerprint density at radius 3 is 2.61 bits per heavy atom. The molecule has 2 saturated heterocycles. The number of pyridine rings is 1. The molecule has 7 nitrogen and oxygen atoms in total. The van der Waals surface area contributed by atoms with Crippen molar-refractivity contribution in [3.8, 4) is 0 Å². The predicted octanol–water partition coefficient (Wildman–Crippen LogP) is 2.95. The van der Waals surface area contributed by atoms with E-state index in [-0.39, 0.29) is 18.0 Å². The Kier molecular flexibility index (Phi) is 5.14. The summed E-state index contributed by atoms with van der Waals surface area (Å²) in [4.78, 5) is 35.0. The highest BCUT2D eigenvalue weighted by molar-refractivity contribution is 5.97. The van der Waals surface area contributed by atoms with Crippen molar-refractivity contribution in [2.24, 2.45) is 0 Å². The van der Waals surface area contributed by atoms with Crippen LogP contribution in [0.3, 0.4) is 0 Å². The van der Waals surface area contributed by atoms with Crippen LogP contribution in [0.2, 0.25) is 0 Å². The van der Waals surface area contributed by atoms with E-state index in [1.54, 1.807) is 6.20 Å². The van der Waals surface area contributed by atoms with Crippen LogP contribution >= 0.6 is 0 Å². The molecule has 0 saturated carbocycles. The summed E-state index contributed by atoms with van der Waals surface area (Å²) in [6.45, 7) is 4.85. The van der Waals surface area contributed by atoms with Crippen LogP contribution in [0.5, 0.6) is 0 Å². The quantitative estimate of drug-likeness (QED) is 0.890. The van der Waals surface area contributed by atoms with Gasteiger partial charge in [0.25, 0.3) is 0 Å². The van der Waals surface area contributed by atoms with Gasteiger partial charge in [-0.2, -0.15) is 0 Å². The zero-order valence-corrected chi connectivity index (χ0v) is 16.0. The number of nitrogens with one attached hydrogen (secondary N) is 1. The first-order chi connectivity index (χ1) is 13.6. The summed E-state index contributed by atoms with van der Waals surface area (Å²) in [5.41, 5.74) is 1.55. The lowest BCUT2D eigenvalue weighted by Crippen LogP contribution is -2.50. The average molecular weight is 379 g/mol. The van der Waals surface area contributed by atoms with Crippen molar-refractivity contribution < 1.29 is 9.59 Å². The summed E-state index contributed by atoms with van der Waals surface area (Å²) in [5, 5.41) is 2.97. The fourth-order valence-electron chi connectivity index (χ4n) is 3.84. The smallest absolute Gasteiger partial charge is 0.321 e. The minimum Gasteiger partial charge on any atom is -0.353 e. The molecular formula is C21H25N5O2. The van der Waals surface area contributed by atoms with Crippen LogP contribution in [-0.4, -0.2) is 54.0 Å². The molecule has 2 aromatic rings. The monoisotopic (exact) mass is 379 g/mol. The first-order valence-electron chi connectivity index (χ1n) is 9.76. The highest BCUT2D eigenvalue weighted by Crippen LogP contribution is 2.28. The lowest BCUT2D eigenvalue weighted by molar-refractivity contribution is -0.117. The number of carbonyl (C=O) groups excluding carboxylic acids is 2. The molecule has 3 heterocycles. The van der Waals surface area contributed by atoms with Gasteiger partial charge in [-0.05, 0) is 43.7 Å². The average Bonchev–Trinajstić information content (AvgIpc) is 3.07. The van der Waals surface area contributed by atoms with Crippen LogP contribution < -0.4 is 15.1 Å². The first-order valence-corrected chi connectivity index (χ1v) is 9.76. The number of aromatic nitrogens is 1. The van der Waals surface area contributed by atoms with E-state index >= 15 is 0 Å². The Balaban J connectivity index is 1.37. The second-order valence-electron chi connectivity index (χ2n) is 7.29. The first kappa shape index (κ1) is 18.3. The van der Waals surface area contributed by atoms with Crippen molar-refractivity contribution in [2.45, 2.75) is 25.8 Å². The fraction of sp³-hybridized carbons (Fsp3) is 0.381. The maximum absolute atomic E-state index is 12.7. The summed E-state index contributed by atoms with van der Waals surface area (Å²) in [6, 6.07) is 13.5. The number of piperazine rings is 1. The Labute approximate surface area is 164 Å². The van der Waals surface area contributed by atoms with Gasteiger partial charge in [-0.1, -0.05) is 12.1 Å². The van der Waals surface area contributed by atoms with E-state index in [0.717, 1.165) is 31.0 Å². The third-order valence-electron chi connectivity index (χ3n) is 5.40. The van der Waals surface area contributed by atoms with E-state index in [9.17, 15) is 9.59 Å². The van der Waals surface area contributed by atoms with Gasteiger partial charge < -0.3 is 20.0 Å². The second-order valence-corrected chi connectivity index (χ2v) is 7.29. The van der Waals surface area contributed by atoms with Crippen LogP contribution in [0.25, 0.3) is 0 Å². The van der Waals surface area contributed by atoms with Crippen molar-refractivity contribution >= 4 is 29.1 Å². The number of anilines is 3. The molecule has 1 aromatic carbocycles. The lowest BCUT2D eigenvalue weighted by Gasteiger charge is -2.35. The maximum atomic E-state index is 12.7. The Hall–Kier alpha value is -3.09. The molecule has 28 heavy (non-hydrogen) atoms. The zero-order valence-electron chi connectivity index (χ0n) is 16.0. The molecule has 1 atom stereocenters. The molecule has 146 valence electrons. The molecule has 1 N–H and O–H groups in total. The maximum Gasteiger partial charge on any atom is 0.321 e. The molecule has 2 fully saturated rings. The molecule has 7 heteroatoms. The van der Waals surface area contributed by atoms with E-state index in [4.69, 9.17) is 0 Å². The highest BCUT2D eigenvalue weighted by Gasteiger charge is 2.29. The van der Waals surface area contributed by atoms with E-state index in [1.807, 2.05) is 52.3 Å². The summed E-state index contributed by atoms with van der Waals surface area (Å²) >= 11 is 0. The number of hydrogen-bond acceptors (Lipinski definition) is 4. The van der Waals surface area contributed by atoms with Gasteiger partial charge in [0.2, 0.25) is 5.91 Å². The van der Waals surface area contributed by atoms with E-state index in [1.165, 1.54) is 0 Å². The fourth-order valence-corrected chi connectivity index (χ4v) is 3.84. The molecule has 0 bridgehead atoms. The topological polar surface area (TPSA) is 68.8 Å². The molecule has 2 aliphatic rings. The van der Waals surface area contributed by atoms with E-state index in [2.05, 4.69) is 22.1 Å². The largest absolute Gasteiger partial charge is 0.353 e. The lowest BCUT2D eigenvalue weighted by atomic mass is 10.2. The van der Waals surface area contributed by atoms with Crippen LogP contribution in [0.4, 0.5) is 22.0 Å². The standard InChI is InChI=1S/C21H25N5O2/c1-16-8-9-20(27)26(16)18-6-4-5-17(15-18)23-21(28)25-13-11-24(12-14-25)19-7-2-3-10-22-19/h2-7,10,15-16H,8-9,11-14H2,1H3,(H,23,28). The Bertz CT molecular complexity index is 849. The molecule has 3 amide bonds. The molecule has 2 aliphatic heterocycles. The van der Waals surface area contributed by atoms with Gasteiger partial charge in [-0.3, -0.25) is 4.79 Å². The van der Waals surface area contributed by atoms with Crippen molar-refractivity contribution in [1.82, 2.24) is 9.88 Å². The SMILES string of the molecule is CC1CCC(=O)N1c1cccc(NC(=O)N2CCN(c3ccccn3)CC2)c1. The number of carbonyl (C=O) groups is 2. The number of rotatable bonds is 3. The normalized spacial score (nSPS) is 19.8. The molecule has 1 unspecified atom stereocenters. The van der Waals surface area contributed by atoms with Crippen LogP contribution in [0, 0.1) is 0 Å². The van der Waals surface area contributed by atoms with Gasteiger partial charge in [0.1, 0.15) is 5.82 Å². The van der Waals surface area contributed by atoms with Gasteiger partial charge in [-0.25, -0.2) is 9.78 Å². The van der Waals surface area contributed by atoms with E-state index < -0.39 is 0 Å². The third-order valence-corrected chi connectivity index (χ3v) is 5.40. The summed E-state index contributed by atoms with van der Waals surface area (Å²) in [7, 11) is 0. The van der Waals surface area contributed by atoms with Crippen molar-refractivity contribution in [1.29, 1.82) is 0 Å². The molecule has 0 aliphatic carbocycles. The van der Waals surface area contributed by atoms with Crippen molar-refractivity contribution in [3.05, 3.63) is 48.7 Å². The number of amides is 3. The van der Waals surface area contributed by atoms with Crippen LogP contribution in [-0.2, 0) is 4.79 Å². The molecular weight excluding hydrogens is 354 g/mol. The van der Waals surface area contributed by atoms with Gasteiger partial charge in [0.15, 0.2) is 0 Å². The minimum absolute atomic E-state index is 0.112. The predicted molar refractivity (Wildman–Crippen MR) is 110 cm³/mol. The van der Waals surface area contributed by atoms with Gasteiger partial charge in [0, 0.05) is 56.2 Å². The summed E-state index contributed by atoms with van der Waals surface area (Å²) in [5.74, 6) is 1.08. The van der Waals surface area contributed by atoms with Crippen molar-refractivity contribution in [2.75, 3.05) is 41.3 Å². The Morgan fingerprint density at radius 2 is 1.93 bits per heavy atom. The number of hydrogen-bond donors (Lipinski definition) is 1. The number of nitrogens with zero attached hydrogens (tertiary/aromatic N) is 4. The molecule has 0 radical (unpaired) electrons. The zero-order chi connectivity index (χ0) is 19.5. The summed E-state index contributed by atoms with van der Waals surface area (Å²) < 4.78 is 0. The van der Waals surface area contributed by atoms with Gasteiger partial charge in [0.05, 0.1) is 0 Å². The van der Waals surface area contributed by atoms with Crippen LogP contribution in [0.15, 0.2) is 48.7 Å². The number of benzene rings is 1.